The van der Waals surface area contributed by atoms with Gasteiger partial charge in [-0.05, 0) is 30.5 Å². The number of pyridine rings is 1. The van der Waals surface area contributed by atoms with Crippen molar-refractivity contribution in [2.75, 3.05) is 20.1 Å². The molecular weight excluding hydrogens is 262 g/mol. The average Bonchev–Trinajstić information content (AvgIpc) is 2.46. The summed E-state index contributed by atoms with van der Waals surface area (Å²) in [4.78, 5) is 20.8. The van der Waals surface area contributed by atoms with Gasteiger partial charge in [0.1, 0.15) is 0 Å². The first-order valence-corrected chi connectivity index (χ1v) is 7.76. The van der Waals surface area contributed by atoms with Crippen LogP contribution >= 0.6 is 0 Å². The fraction of sp³-hybridized carbons (Fsp3) is 0.647. The van der Waals surface area contributed by atoms with Crippen molar-refractivity contribution in [2.24, 2.45) is 5.41 Å². The minimum Gasteiger partial charge on any atom is -0.342 e. The summed E-state index contributed by atoms with van der Waals surface area (Å²) in [7, 11) is 1.96. The molecule has 116 valence electrons. The molecule has 1 saturated heterocycles. The lowest BCUT2D eigenvalue weighted by molar-refractivity contribution is -0.141. The van der Waals surface area contributed by atoms with Crippen LogP contribution in [0.2, 0.25) is 0 Å². The number of piperidine rings is 1. The summed E-state index contributed by atoms with van der Waals surface area (Å²) in [6, 6.07) is 4.52. The van der Waals surface area contributed by atoms with E-state index in [1.54, 1.807) is 0 Å². The second-order valence-corrected chi connectivity index (χ2v) is 7.03. The second-order valence-electron chi connectivity index (χ2n) is 7.03. The van der Waals surface area contributed by atoms with Crippen molar-refractivity contribution in [2.45, 2.75) is 46.2 Å². The molecule has 4 heteroatoms. The third-order valence-electron chi connectivity index (χ3n) is 4.22. The number of hydrogen-bond donors (Lipinski definition) is 0. The molecule has 1 aromatic rings. The van der Waals surface area contributed by atoms with Gasteiger partial charge < -0.3 is 4.90 Å². The molecule has 1 amide bonds. The third-order valence-corrected chi connectivity index (χ3v) is 4.22. The van der Waals surface area contributed by atoms with Crippen LogP contribution in [0.4, 0.5) is 0 Å². The fourth-order valence-corrected chi connectivity index (χ4v) is 2.91. The Bertz CT molecular complexity index is 459. The van der Waals surface area contributed by atoms with Crippen LogP contribution in [-0.2, 0) is 11.3 Å². The number of nitrogens with zero attached hydrogens (tertiary/aromatic N) is 3. The van der Waals surface area contributed by atoms with Gasteiger partial charge in [0.15, 0.2) is 0 Å². The molecule has 0 radical (unpaired) electrons. The molecule has 0 unspecified atom stereocenters. The van der Waals surface area contributed by atoms with Gasteiger partial charge in [0.05, 0.1) is 0 Å². The molecule has 0 spiro atoms. The Balaban J connectivity index is 1.84. The monoisotopic (exact) mass is 289 g/mol. The van der Waals surface area contributed by atoms with E-state index in [-0.39, 0.29) is 11.3 Å². The maximum atomic E-state index is 12.3. The summed E-state index contributed by atoms with van der Waals surface area (Å²) in [6.45, 7) is 9.05. The van der Waals surface area contributed by atoms with Crippen LogP contribution in [0.3, 0.4) is 0 Å². The number of amides is 1. The molecule has 1 aromatic heterocycles. The molecule has 2 heterocycles. The maximum Gasteiger partial charge on any atom is 0.227 e. The average molecular weight is 289 g/mol. The summed E-state index contributed by atoms with van der Waals surface area (Å²) < 4.78 is 0. The van der Waals surface area contributed by atoms with Crippen LogP contribution in [0.5, 0.6) is 0 Å². The Kier molecular flexibility index (Phi) is 4.99. The van der Waals surface area contributed by atoms with Gasteiger partial charge in [0.2, 0.25) is 5.91 Å². The first kappa shape index (κ1) is 16.0. The Morgan fingerprint density at radius 3 is 2.38 bits per heavy atom. The van der Waals surface area contributed by atoms with E-state index < -0.39 is 0 Å². The van der Waals surface area contributed by atoms with Crippen molar-refractivity contribution in [1.29, 1.82) is 0 Å². The molecule has 0 aliphatic carbocycles. The standard InChI is InChI=1S/C17H27N3O/c1-17(2,3)16(21)19(4)15-7-11-20(12-8-15)13-14-5-9-18-10-6-14/h5-6,9-10,15H,7-8,11-13H2,1-4H3. The number of likely N-dealkylation sites (tertiary alicyclic amines) is 1. The van der Waals surface area contributed by atoms with Gasteiger partial charge in [-0.15, -0.1) is 0 Å². The van der Waals surface area contributed by atoms with Gasteiger partial charge in [-0.1, -0.05) is 20.8 Å². The molecule has 0 aromatic carbocycles. The Labute approximate surface area is 128 Å². The number of carbonyl (C=O) groups is 1. The fourth-order valence-electron chi connectivity index (χ4n) is 2.91. The van der Waals surface area contributed by atoms with Gasteiger partial charge in [-0.3, -0.25) is 14.7 Å². The lowest BCUT2D eigenvalue weighted by Crippen LogP contribution is -2.48. The van der Waals surface area contributed by atoms with Gasteiger partial charge in [0.25, 0.3) is 0 Å². The highest BCUT2D eigenvalue weighted by Crippen LogP contribution is 2.23. The summed E-state index contributed by atoms with van der Waals surface area (Å²) in [6.07, 6.45) is 5.81. The molecule has 1 aliphatic heterocycles. The lowest BCUT2D eigenvalue weighted by Gasteiger charge is -2.39. The SMILES string of the molecule is CN(C(=O)C(C)(C)C)C1CCN(Cc2ccncc2)CC1. The van der Waals surface area contributed by atoms with Crippen LogP contribution in [0.1, 0.15) is 39.2 Å². The van der Waals surface area contributed by atoms with Crippen LogP contribution in [0.15, 0.2) is 24.5 Å². The highest BCUT2D eigenvalue weighted by atomic mass is 16.2. The van der Waals surface area contributed by atoms with Crippen molar-refractivity contribution in [1.82, 2.24) is 14.8 Å². The molecule has 1 aliphatic rings. The Morgan fingerprint density at radius 2 is 1.86 bits per heavy atom. The molecule has 0 saturated carbocycles. The topological polar surface area (TPSA) is 36.4 Å². The highest BCUT2D eigenvalue weighted by Gasteiger charge is 2.31. The molecular formula is C17H27N3O. The van der Waals surface area contributed by atoms with E-state index >= 15 is 0 Å². The molecule has 0 atom stereocenters. The quantitative estimate of drug-likeness (QED) is 0.858. The number of rotatable bonds is 3. The van der Waals surface area contributed by atoms with Gasteiger partial charge in [-0.2, -0.15) is 0 Å². The molecule has 1 fully saturated rings. The Hall–Kier alpha value is -1.42. The first-order valence-electron chi connectivity index (χ1n) is 7.76. The zero-order valence-electron chi connectivity index (χ0n) is 13.7. The van der Waals surface area contributed by atoms with E-state index in [4.69, 9.17) is 0 Å². The number of aromatic nitrogens is 1. The largest absolute Gasteiger partial charge is 0.342 e. The second kappa shape index (κ2) is 6.56. The van der Waals surface area contributed by atoms with E-state index in [0.29, 0.717) is 6.04 Å². The number of carbonyl (C=O) groups excluding carboxylic acids is 1. The van der Waals surface area contributed by atoms with Crippen molar-refractivity contribution in [3.63, 3.8) is 0 Å². The third kappa shape index (κ3) is 4.27. The normalized spacial score (nSPS) is 17.7. The van der Waals surface area contributed by atoms with Crippen molar-refractivity contribution in [3.05, 3.63) is 30.1 Å². The summed E-state index contributed by atoms with van der Waals surface area (Å²) in [5.41, 5.74) is 1.02. The zero-order chi connectivity index (χ0) is 15.5. The minimum atomic E-state index is -0.289. The van der Waals surface area contributed by atoms with Crippen LogP contribution in [-0.4, -0.2) is 46.9 Å². The van der Waals surface area contributed by atoms with Gasteiger partial charge >= 0.3 is 0 Å². The molecule has 0 bridgehead atoms. The molecule has 0 N–H and O–H groups in total. The van der Waals surface area contributed by atoms with Crippen molar-refractivity contribution in [3.8, 4) is 0 Å². The summed E-state index contributed by atoms with van der Waals surface area (Å²) >= 11 is 0. The van der Waals surface area contributed by atoms with Gasteiger partial charge in [-0.25, -0.2) is 0 Å². The van der Waals surface area contributed by atoms with E-state index in [1.807, 2.05) is 45.1 Å². The van der Waals surface area contributed by atoms with E-state index in [0.717, 1.165) is 32.5 Å². The predicted octanol–water partition coefficient (Wildman–Crippen LogP) is 2.55. The minimum absolute atomic E-state index is 0.245. The lowest BCUT2D eigenvalue weighted by atomic mass is 9.92. The molecule has 21 heavy (non-hydrogen) atoms. The molecule has 2 rings (SSSR count). The van der Waals surface area contributed by atoms with Crippen LogP contribution in [0, 0.1) is 5.41 Å². The summed E-state index contributed by atoms with van der Waals surface area (Å²) in [5, 5.41) is 0. The van der Waals surface area contributed by atoms with E-state index in [2.05, 4.69) is 22.0 Å². The smallest absolute Gasteiger partial charge is 0.227 e. The number of hydrogen-bond acceptors (Lipinski definition) is 3. The summed E-state index contributed by atoms with van der Waals surface area (Å²) in [5.74, 6) is 0.245. The van der Waals surface area contributed by atoms with Crippen molar-refractivity contribution < 1.29 is 4.79 Å². The zero-order valence-corrected chi connectivity index (χ0v) is 13.7. The predicted molar refractivity (Wildman–Crippen MR) is 84.8 cm³/mol. The van der Waals surface area contributed by atoms with Gasteiger partial charge in [0, 0.05) is 50.5 Å². The van der Waals surface area contributed by atoms with E-state index in [1.165, 1.54) is 5.56 Å². The van der Waals surface area contributed by atoms with Crippen LogP contribution in [0.25, 0.3) is 0 Å². The van der Waals surface area contributed by atoms with Crippen LogP contribution < -0.4 is 0 Å². The Morgan fingerprint density at radius 1 is 1.29 bits per heavy atom. The highest BCUT2D eigenvalue weighted by molar-refractivity contribution is 5.81. The van der Waals surface area contributed by atoms with Crippen molar-refractivity contribution >= 4 is 5.91 Å². The molecule has 4 nitrogen and oxygen atoms in total. The maximum absolute atomic E-state index is 12.3. The van der Waals surface area contributed by atoms with E-state index in [9.17, 15) is 4.79 Å². The first-order chi connectivity index (χ1) is 9.88.